The van der Waals surface area contributed by atoms with Gasteiger partial charge in [0.2, 0.25) is 5.76 Å². The molecule has 0 spiro atoms. The van der Waals surface area contributed by atoms with E-state index in [9.17, 15) is 4.79 Å². The Morgan fingerprint density at radius 2 is 1.83 bits per heavy atom. The van der Waals surface area contributed by atoms with Crippen LogP contribution >= 0.6 is 0 Å². The topological polar surface area (TPSA) is 64.8 Å². The first-order valence-corrected chi connectivity index (χ1v) is 9.76. The summed E-state index contributed by atoms with van der Waals surface area (Å²) in [4.78, 5) is 14.6. The number of aryl methyl sites for hydroxylation is 1. The lowest BCUT2D eigenvalue weighted by Gasteiger charge is -2.31. The Kier molecular flexibility index (Phi) is 5.51. The van der Waals surface area contributed by atoms with Gasteiger partial charge in [-0.3, -0.25) is 4.79 Å². The highest BCUT2D eigenvalue weighted by molar-refractivity contribution is 5.92. The fraction of sp³-hybridized carbons (Fsp3) is 0.304. The molecule has 0 radical (unpaired) electrons. The Balaban J connectivity index is 1.35. The molecule has 4 rings (SSSR count). The maximum atomic E-state index is 12.8. The Labute approximate surface area is 170 Å². The van der Waals surface area contributed by atoms with E-state index in [0.29, 0.717) is 18.8 Å². The molecule has 0 saturated carbocycles. The summed E-state index contributed by atoms with van der Waals surface area (Å²) in [5.74, 6) is 1.78. The van der Waals surface area contributed by atoms with E-state index in [1.807, 2.05) is 55.5 Å². The highest BCUT2D eigenvalue weighted by Gasteiger charge is 2.27. The van der Waals surface area contributed by atoms with Gasteiger partial charge in [0, 0.05) is 37.6 Å². The molecule has 2 aromatic carbocycles. The number of benzene rings is 2. The Morgan fingerprint density at radius 1 is 1.07 bits per heavy atom. The molecular weight excluding hydrogens is 368 g/mol. The summed E-state index contributed by atoms with van der Waals surface area (Å²) < 4.78 is 16.6. The SMILES string of the molecule is COc1ccc(-c2cc(C(=O)N3CCC(Oc4cccc(C)c4)CC3)on2)cc1. The van der Waals surface area contributed by atoms with Crippen molar-refractivity contribution < 1.29 is 18.8 Å². The summed E-state index contributed by atoms with van der Waals surface area (Å²) in [6.45, 7) is 3.31. The summed E-state index contributed by atoms with van der Waals surface area (Å²) in [6, 6.07) is 17.2. The van der Waals surface area contributed by atoms with E-state index in [4.69, 9.17) is 14.0 Å². The van der Waals surface area contributed by atoms with E-state index in [0.717, 1.165) is 29.9 Å². The van der Waals surface area contributed by atoms with Crippen LogP contribution in [-0.4, -0.2) is 42.3 Å². The number of methoxy groups -OCH3 is 1. The van der Waals surface area contributed by atoms with Crippen molar-refractivity contribution in [3.05, 3.63) is 65.9 Å². The lowest BCUT2D eigenvalue weighted by molar-refractivity contribution is 0.0558. The van der Waals surface area contributed by atoms with Gasteiger partial charge in [-0.1, -0.05) is 17.3 Å². The molecule has 0 bridgehead atoms. The predicted molar refractivity (Wildman–Crippen MR) is 109 cm³/mol. The molecule has 1 amide bonds. The molecule has 29 heavy (non-hydrogen) atoms. The van der Waals surface area contributed by atoms with Crippen molar-refractivity contribution in [2.24, 2.45) is 0 Å². The Bertz CT molecular complexity index is 973. The fourth-order valence-electron chi connectivity index (χ4n) is 3.49. The third-order valence-corrected chi connectivity index (χ3v) is 5.13. The number of piperidine rings is 1. The van der Waals surface area contributed by atoms with Crippen LogP contribution in [0.2, 0.25) is 0 Å². The zero-order valence-electron chi connectivity index (χ0n) is 16.6. The van der Waals surface area contributed by atoms with Crippen molar-refractivity contribution in [3.63, 3.8) is 0 Å². The van der Waals surface area contributed by atoms with Gasteiger partial charge in [0.25, 0.3) is 5.91 Å². The van der Waals surface area contributed by atoms with Gasteiger partial charge in [-0.05, 0) is 48.9 Å². The molecule has 1 saturated heterocycles. The van der Waals surface area contributed by atoms with E-state index in [-0.39, 0.29) is 17.8 Å². The van der Waals surface area contributed by atoms with Gasteiger partial charge in [-0.15, -0.1) is 0 Å². The van der Waals surface area contributed by atoms with E-state index < -0.39 is 0 Å². The number of ether oxygens (including phenoxy) is 2. The van der Waals surface area contributed by atoms with Crippen LogP contribution in [0.5, 0.6) is 11.5 Å². The first-order chi connectivity index (χ1) is 14.1. The third kappa shape index (κ3) is 4.42. The minimum absolute atomic E-state index is 0.116. The summed E-state index contributed by atoms with van der Waals surface area (Å²) in [5.41, 5.74) is 2.68. The van der Waals surface area contributed by atoms with Crippen LogP contribution in [0.15, 0.2) is 59.1 Å². The smallest absolute Gasteiger partial charge is 0.292 e. The third-order valence-electron chi connectivity index (χ3n) is 5.13. The zero-order chi connectivity index (χ0) is 20.2. The molecule has 150 valence electrons. The van der Waals surface area contributed by atoms with Crippen LogP contribution in [0.3, 0.4) is 0 Å². The molecular formula is C23H24N2O4. The van der Waals surface area contributed by atoms with Crippen molar-refractivity contribution >= 4 is 5.91 Å². The van der Waals surface area contributed by atoms with Crippen molar-refractivity contribution in [1.29, 1.82) is 0 Å². The first-order valence-electron chi connectivity index (χ1n) is 9.76. The second-order valence-electron chi connectivity index (χ2n) is 7.23. The second kappa shape index (κ2) is 8.39. The zero-order valence-corrected chi connectivity index (χ0v) is 16.6. The summed E-state index contributed by atoms with van der Waals surface area (Å²) >= 11 is 0. The second-order valence-corrected chi connectivity index (χ2v) is 7.23. The minimum Gasteiger partial charge on any atom is -0.497 e. The monoisotopic (exact) mass is 392 g/mol. The van der Waals surface area contributed by atoms with Crippen LogP contribution in [0.4, 0.5) is 0 Å². The number of hydrogen-bond acceptors (Lipinski definition) is 5. The molecule has 1 aliphatic heterocycles. The predicted octanol–water partition coefficient (Wildman–Crippen LogP) is 4.34. The molecule has 3 aromatic rings. The van der Waals surface area contributed by atoms with Gasteiger partial charge in [-0.2, -0.15) is 0 Å². The fourth-order valence-corrected chi connectivity index (χ4v) is 3.49. The van der Waals surface area contributed by atoms with Crippen LogP contribution in [0.1, 0.15) is 29.0 Å². The summed E-state index contributed by atoms with van der Waals surface area (Å²) in [7, 11) is 1.62. The number of amides is 1. The maximum absolute atomic E-state index is 12.8. The van der Waals surface area contributed by atoms with Gasteiger partial charge >= 0.3 is 0 Å². The highest BCUT2D eigenvalue weighted by Crippen LogP contribution is 2.24. The molecule has 0 atom stereocenters. The van der Waals surface area contributed by atoms with E-state index in [2.05, 4.69) is 5.16 Å². The molecule has 2 heterocycles. The number of nitrogens with zero attached hydrogens (tertiary/aromatic N) is 2. The minimum atomic E-state index is -0.133. The summed E-state index contributed by atoms with van der Waals surface area (Å²) in [5, 5.41) is 4.05. The number of aromatic nitrogens is 1. The average Bonchev–Trinajstić information content (AvgIpc) is 3.24. The van der Waals surface area contributed by atoms with Crippen LogP contribution < -0.4 is 9.47 Å². The van der Waals surface area contributed by atoms with Gasteiger partial charge in [0.05, 0.1) is 7.11 Å². The molecule has 1 fully saturated rings. The molecule has 6 heteroatoms. The van der Waals surface area contributed by atoms with Crippen molar-refractivity contribution in [2.75, 3.05) is 20.2 Å². The van der Waals surface area contributed by atoms with E-state index >= 15 is 0 Å². The highest BCUT2D eigenvalue weighted by atomic mass is 16.5. The van der Waals surface area contributed by atoms with Crippen molar-refractivity contribution in [3.8, 4) is 22.8 Å². The Morgan fingerprint density at radius 3 is 2.52 bits per heavy atom. The molecule has 0 aliphatic carbocycles. The van der Waals surface area contributed by atoms with Gasteiger partial charge in [0.15, 0.2) is 0 Å². The van der Waals surface area contributed by atoms with Crippen LogP contribution in [0, 0.1) is 6.92 Å². The van der Waals surface area contributed by atoms with E-state index in [1.54, 1.807) is 18.1 Å². The number of hydrogen-bond donors (Lipinski definition) is 0. The average molecular weight is 392 g/mol. The largest absolute Gasteiger partial charge is 0.497 e. The first kappa shape index (κ1) is 19.1. The van der Waals surface area contributed by atoms with Gasteiger partial charge < -0.3 is 18.9 Å². The molecule has 0 N–H and O–H groups in total. The van der Waals surface area contributed by atoms with Crippen LogP contribution in [0.25, 0.3) is 11.3 Å². The number of carbonyl (C=O) groups is 1. The lowest BCUT2D eigenvalue weighted by atomic mass is 10.1. The Hall–Kier alpha value is -3.28. The number of rotatable bonds is 5. The van der Waals surface area contributed by atoms with Crippen molar-refractivity contribution in [1.82, 2.24) is 10.1 Å². The lowest BCUT2D eigenvalue weighted by Crippen LogP contribution is -2.41. The molecule has 0 unspecified atom stereocenters. The molecule has 1 aromatic heterocycles. The van der Waals surface area contributed by atoms with Crippen molar-refractivity contribution in [2.45, 2.75) is 25.9 Å². The quantitative estimate of drug-likeness (QED) is 0.646. The van der Waals surface area contributed by atoms with Crippen LogP contribution in [-0.2, 0) is 0 Å². The maximum Gasteiger partial charge on any atom is 0.292 e. The molecule has 1 aliphatic rings. The molecule has 6 nitrogen and oxygen atoms in total. The number of likely N-dealkylation sites (tertiary alicyclic amines) is 1. The van der Waals surface area contributed by atoms with Gasteiger partial charge in [-0.25, -0.2) is 0 Å². The summed E-state index contributed by atoms with van der Waals surface area (Å²) in [6.07, 6.45) is 1.70. The van der Waals surface area contributed by atoms with Gasteiger partial charge in [0.1, 0.15) is 23.3 Å². The number of carbonyl (C=O) groups excluding carboxylic acids is 1. The van der Waals surface area contributed by atoms with E-state index in [1.165, 1.54) is 5.56 Å². The standard InChI is InChI=1S/C23H24N2O4/c1-16-4-3-5-20(14-16)28-19-10-12-25(13-11-19)23(26)22-15-21(24-29-22)17-6-8-18(27-2)9-7-17/h3-9,14-15,19H,10-13H2,1-2H3. The normalized spacial score (nSPS) is 14.6.